The van der Waals surface area contributed by atoms with E-state index in [1.807, 2.05) is 6.07 Å². The van der Waals surface area contributed by atoms with E-state index in [1.165, 1.54) is 23.5 Å². The third kappa shape index (κ3) is 4.91. The van der Waals surface area contributed by atoms with E-state index in [0.717, 1.165) is 11.3 Å². The van der Waals surface area contributed by atoms with E-state index in [4.69, 9.17) is 10.00 Å². The molecule has 2 heterocycles. The Bertz CT molecular complexity index is 725. The lowest BCUT2D eigenvalue weighted by molar-refractivity contribution is 0.149. The number of nitriles is 1. The number of aliphatic hydroxyl groups is 1. The van der Waals surface area contributed by atoms with Crippen LogP contribution in [0.2, 0.25) is 0 Å². The monoisotopic (exact) mass is 333 g/mol. The number of hydrogen-bond acceptors (Lipinski definition) is 7. The molecule has 2 aromatic heterocycles. The summed E-state index contributed by atoms with van der Waals surface area (Å²) in [4.78, 5) is 21.2. The second kappa shape index (κ2) is 7.53. The van der Waals surface area contributed by atoms with Crippen molar-refractivity contribution in [3.63, 3.8) is 0 Å². The van der Waals surface area contributed by atoms with Crippen LogP contribution in [-0.2, 0) is 0 Å². The Hall–Kier alpha value is -2.70. The summed E-state index contributed by atoms with van der Waals surface area (Å²) in [6.07, 6.45) is 3.77. The molecule has 2 aromatic rings. The first-order valence-corrected chi connectivity index (χ1v) is 7.48. The van der Waals surface area contributed by atoms with Crippen LogP contribution in [0.25, 0.3) is 0 Å². The first kappa shape index (κ1) is 16.7. The highest BCUT2D eigenvalue weighted by atomic mass is 32.1. The van der Waals surface area contributed by atoms with Crippen LogP contribution in [0.4, 0.5) is 9.93 Å². The standard InChI is InChI=1S/C14H15N5O3S/c1-9(20)8-19(2)14(21)18-13-17-7-12(23-13)22-11-3-10(4-15)5-16-6-11/h3,5-7,9,20H,8H2,1-2H3,(H,17,18,21)/t9-/m0/s1. The molecule has 2 rings (SSSR count). The number of carbonyl (C=O) groups is 1. The van der Waals surface area contributed by atoms with Crippen LogP contribution in [0.1, 0.15) is 12.5 Å². The van der Waals surface area contributed by atoms with E-state index in [1.54, 1.807) is 20.0 Å². The number of aliphatic hydroxyl groups excluding tert-OH is 1. The van der Waals surface area contributed by atoms with Crippen LogP contribution in [0.3, 0.4) is 0 Å². The molecule has 0 saturated heterocycles. The highest BCUT2D eigenvalue weighted by Gasteiger charge is 2.13. The minimum atomic E-state index is -0.610. The first-order valence-electron chi connectivity index (χ1n) is 6.67. The summed E-state index contributed by atoms with van der Waals surface area (Å²) in [5.74, 6) is 0.414. The molecule has 2 N–H and O–H groups in total. The van der Waals surface area contributed by atoms with Gasteiger partial charge in [-0.3, -0.25) is 10.3 Å². The maximum atomic E-state index is 11.9. The molecule has 23 heavy (non-hydrogen) atoms. The Morgan fingerprint density at radius 3 is 3.04 bits per heavy atom. The minimum absolute atomic E-state index is 0.215. The summed E-state index contributed by atoms with van der Waals surface area (Å²) in [6.45, 7) is 1.82. The molecule has 8 nitrogen and oxygen atoms in total. The van der Waals surface area contributed by atoms with Gasteiger partial charge in [0.1, 0.15) is 11.8 Å². The maximum absolute atomic E-state index is 11.9. The van der Waals surface area contributed by atoms with Gasteiger partial charge in [-0.2, -0.15) is 5.26 Å². The smallest absolute Gasteiger partial charge is 0.323 e. The number of likely N-dealkylation sites (N-methyl/N-ethyl adjacent to an activating group) is 1. The maximum Gasteiger partial charge on any atom is 0.323 e. The molecule has 0 aromatic carbocycles. The molecule has 0 bridgehead atoms. The normalized spacial score (nSPS) is 11.4. The lowest BCUT2D eigenvalue weighted by Gasteiger charge is -2.18. The summed E-state index contributed by atoms with van der Waals surface area (Å²) in [7, 11) is 1.58. The number of pyridine rings is 1. The van der Waals surface area contributed by atoms with E-state index in [2.05, 4.69) is 15.3 Å². The molecule has 0 radical (unpaired) electrons. The first-order chi connectivity index (χ1) is 11.0. The van der Waals surface area contributed by atoms with Crippen molar-refractivity contribution in [2.75, 3.05) is 18.9 Å². The molecule has 0 saturated carbocycles. The molecule has 0 spiro atoms. The van der Waals surface area contributed by atoms with Crippen molar-refractivity contribution in [2.24, 2.45) is 0 Å². The molecule has 9 heteroatoms. The Morgan fingerprint density at radius 2 is 2.35 bits per heavy atom. The van der Waals surface area contributed by atoms with Crippen LogP contribution in [0.5, 0.6) is 10.8 Å². The lowest BCUT2D eigenvalue weighted by atomic mass is 10.3. The van der Waals surface area contributed by atoms with Gasteiger partial charge in [-0.05, 0) is 6.92 Å². The predicted molar refractivity (Wildman–Crippen MR) is 84.5 cm³/mol. The third-order valence-electron chi connectivity index (χ3n) is 2.64. The van der Waals surface area contributed by atoms with Crippen molar-refractivity contribution >= 4 is 22.5 Å². The van der Waals surface area contributed by atoms with Crippen LogP contribution >= 0.6 is 11.3 Å². The van der Waals surface area contributed by atoms with Gasteiger partial charge in [0.05, 0.1) is 24.1 Å². The van der Waals surface area contributed by atoms with E-state index in [-0.39, 0.29) is 12.6 Å². The quantitative estimate of drug-likeness (QED) is 0.866. The molecule has 0 aliphatic heterocycles. The average molecular weight is 333 g/mol. The van der Waals surface area contributed by atoms with Gasteiger partial charge in [0.15, 0.2) is 5.13 Å². The number of thiazole rings is 1. The number of nitrogens with one attached hydrogen (secondary N) is 1. The topological polar surface area (TPSA) is 111 Å². The lowest BCUT2D eigenvalue weighted by Crippen LogP contribution is -2.36. The minimum Gasteiger partial charge on any atom is -0.443 e. The van der Waals surface area contributed by atoms with E-state index >= 15 is 0 Å². The zero-order chi connectivity index (χ0) is 16.8. The third-order valence-corrected chi connectivity index (χ3v) is 3.43. The van der Waals surface area contributed by atoms with Gasteiger partial charge in [0.2, 0.25) is 5.06 Å². The van der Waals surface area contributed by atoms with Crippen molar-refractivity contribution in [3.8, 4) is 16.9 Å². The zero-order valence-electron chi connectivity index (χ0n) is 12.6. The van der Waals surface area contributed by atoms with Gasteiger partial charge in [-0.15, -0.1) is 0 Å². The number of carbonyl (C=O) groups excluding carboxylic acids is 1. The summed E-state index contributed by atoms with van der Waals surface area (Å²) in [5.41, 5.74) is 0.389. The van der Waals surface area contributed by atoms with Gasteiger partial charge in [-0.1, -0.05) is 11.3 Å². The van der Waals surface area contributed by atoms with Gasteiger partial charge in [-0.25, -0.2) is 9.78 Å². The van der Waals surface area contributed by atoms with Gasteiger partial charge >= 0.3 is 6.03 Å². The van der Waals surface area contributed by atoms with Crippen LogP contribution in [0, 0.1) is 11.3 Å². The SMILES string of the molecule is C[C@H](O)CN(C)C(=O)Nc1ncc(Oc2cncc(C#N)c2)s1. The number of nitrogens with zero attached hydrogens (tertiary/aromatic N) is 4. The van der Waals surface area contributed by atoms with Crippen molar-refractivity contribution in [1.29, 1.82) is 5.26 Å². The molecule has 0 fully saturated rings. The van der Waals surface area contributed by atoms with Gasteiger partial charge in [0, 0.05) is 25.9 Å². The molecular formula is C14H15N5O3S. The van der Waals surface area contributed by atoms with Gasteiger partial charge < -0.3 is 14.7 Å². The second-order valence-electron chi connectivity index (χ2n) is 4.77. The summed E-state index contributed by atoms with van der Waals surface area (Å²) in [5, 5.41) is 21.5. The van der Waals surface area contributed by atoms with Gasteiger partial charge in [0.25, 0.3) is 0 Å². The number of ether oxygens (including phenoxy) is 1. The van der Waals surface area contributed by atoms with Crippen molar-refractivity contribution in [1.82, 2.24) is 14.9 Å². The number of urea groups is 1. The van der Waals surface area contributed by atoms with Crippen LogP contribution < -0.4 is 10.1 Å². The number of rotatable bonds is 5. The zero-order valence-corrected chi connectivity index (χ0v) is 13.4. The van der Waals surface area contributed by atoms with Crippen LogP contribution in [0.15, 0.2) is 24.7 Å². The molecule has 0 aliphatic rings. The number of anilines is 1. The Labute approximate surface area is 137 Å². The fraction of sp³-hybridized carbons (Fsp3) is 0.286. The number of aromatic nitrogens is 2. The van der Waals surface area contributed by atoms with Crippen molar-refractivity contribution in [3.05, 3.63) is 30.2 Å². The fourth-order valence-corrected chi connectivity index (χ4v) is 2.36. The van der Waals surface area contributed by atoms with E-state index in [0.29, 0.717) is 21.5 Å². The van der Waals surface area contributed by atoms with E-state index < -0.39 is 6.10 Å². The largest absolute Gasteiger partial charge is 0.443 e. The van der Waals surface area contributed by atoms with E-state index in [9.17, 15) is 9.90 Å². The molecule has 120 valence electrons. The Morgan fingerprint density at radius 1 is 1.57 bits per heavy atom. The Balaban J connectivity index is 1.98. The highest BCUT2D eigenvalue weighted by molar-refractivity contribution is 7.17. The second-order valence-corrected chi connectivity index (χ2v) is 5.76. The number of amides is 2. The fourth-order valence-electron chi connectivity index (χ4n) is 1.68. The number of hydrogen-bond donors (Lipinski definition) is 2. The van der Waals surface area contributed by atoms with Crippen molar-refractivity contribution in [2.45, 2.75) is 13.0 Å². The molecule has 0 unspecified atom stereocenters. The molecular weight excluding hydrogens is 318 g/mol. The highest BCUT2D eigenvalue weighted by Crippen LogP contribution is 2.30. The molecule has 2 amide bonds. The van der Waals surface area contributed by atoms with Crippen LogP contribution in [-0.4, -0.2) is 45.7 Å². The summed E-state index contributed by atoms with van der Waals surface area (Å²) >= 11 is 1.14. The predicted octanol–water partition coefficient (Wildman–Crippen LogP) is 2.05. The molecule has 0 aliphatic carbocycles. The average Bonchev–Trinajstić information content (AvgIpc) is 2.93. The van der Waals surface area contributed by atoms with Crippen molar-refractivity contribution < 1.29 is 14.6 Å². The Kier molecular flexibility index (Phi) is 5.46. The summed E-state index contributed by atoms with van der Waals surface area (Å²) in [6, 6.07) is 3.16. The summed E-state index contributed by atoms with van der Waals surface area (Å²) < 4.78 is 5.55. The molecule has 1 atom stereocenters.